The van der Waals surface area contributed by atoms with E-state index in [1.165, 1.54) is 0 Å². The van der Waals surface area contributed by atoms with Crippen molar-refractivity contribution in [2.45, 2.75) is 25.6 Å². The maximum absolute atomic E-state index is 9.57. The summed E-state index contributed by atoms with van der Waals surface area (Å²) in [7, 11) is 1.95. The molecule has 2 aromatic rings. The van der Waals surface area contributed by atoms with Gasteiger partial charge in [0.25, 0.3) is 0 Å². The molecule has 5 nitrogen and oxygen atoms in total. The average Bonchev–Trinajstić information content (AvgIpc) is 2.79. The number of hydrogen-bond donors (Lipinski definition) is 1. The molecule has 1 aromatic heterocycles. The van der Waals surface area contributed by atoms with E-state index in [2.05, 4.69) is 10.00 Å². The molecule has 2 heterocycles. The lowest BCUT2D eigenvalue weighted by Gasteiger charge is -2.28. The van der Waals surface area contributed by atoms with Crippen LogP contribution >= 0.6 is 12.2 Å². The molecule has 0 atom stereocenters. The minimum atomic E-state index is -0.155. The van der Waals surface area contributed by atoms with Gasteiger partial charge in [-0.25, -0.2) is 4.68 Å². The van der Waals surface area contributed by atoms with Crippen LogP contribution in [0.5, 0.6) is 0 Å². The topological polar surface area (TPSA) is 46.2 Å². The second-order valence-electron chi connectivity index (χ2n) is 5.52. The molecule has 3 rings (SSSR count). The number of rotatable bonds is 3. The Bertz CT molecular complexity index is 656. The standard InChI is InChI=1S/C15H20N4OS/c1-17-14(12-5-3-2-4-6-12)16-19(15(17)21)11-18-9-7-13(20)8-10-18/h2-6,13,20H,7-11H2,1H3. The molecule has 1 N–H and O–H groups in total. The summed E-state index contributed by atoms with van der Waals surface area (Å²) in [4.78, 5) is 2.28. The van der Waals surface area contributed by atoms with Crippen LogP contribution in [0.1, 0.15) is 12.8 Å². The van der Waals surface area contributed by atoms with Crippen LogP contribution in [0.25, 0.3) is 11.4 Å². The molecule has 0 unspecified atom stereocenters. The fourth-order valence-electron chi connectivity index (χ4n) is 2.67. The molecule has 1 aliphatic heterocycles. The third-order valence-corrected chi connectivity index (χ3v) is 4.45. The third kappa shape index (κ3) is 3.07. The van der Waals surface area contributed by atoms with Gasteiger partial charge >= 0.3 is 0 Å². The van der Waals surface area contributed by atoms with Crippen LogP contribution in [0.4, 0.5) is 0 Å². The highest BCUT2D eigenvalue weighted by atomic mass is 32.1. The summed E-state index contributed by atoms with van der Waals surface area (Å²) in [6.45, 7) is 2.46. The molecule has 1 fully saturated rings. The molecule has 0 aliphatic carbocycles. The van der Waals surface area contributed by atoms with Gasteiger partial charge in [-0.1, -0.05) is 30.3 Å². The molecule has 1 aliphatic rings. The molecule has 112 valence electrons. The van der Waals surface area contributed by atoms with Gasteiger partial charge in [0.1, 0.15) is 0 Å². The minimum absolute atomic E-state index is 0.155. The first-order valence-corrected chi connectivity index (χ1v) is 7.65. The van der Waals surface area contributed by atoms with E-state index in [1.807, 2.05) is 46.6 Å². The first-order valence-electron chi connectivity index (χ1n) is 7.25. The minimum Gasteiger partial charge on any atom is -0.393 e. The SMILES string of the molecule is Cn1c(-c2ccccc2)nn(CN2CCC(O)CC2)c1=S. The monoisotopic (exact) mass is 304 g/mol. The fraction of sp³-hybridized carbons (Fsp3) is 0.467. The van der Waals surface area contributed by atoms with Crippen molar-refractivity contribution in [3.8, 4) is 11.4 Å². The maximum atomic E-state index is 9.57. The lowest BCUT2D eigenvalue weighted by Crippen LogP contribution is -2.37. The molecule has 1 aromatic carbocycles. The van der Waals surface area contributed by atoms with Crippen LogP contribution in [0.2, 0.25) is 0 Å². The zero-order valence-electron chi connectivity index (χ0n) is 12.1. The van der Waals surface area contributed by atoms with Gasteiger partial charge in [-0.05, 0) is 25.1 Å². The second-order valence-corrected chi connectivity index (χ2v) is 5.89. The van der Waals surface area contributed by atoms with E-state index in [-0.39, 0.29) is 6.10 Å². The van der Waals surface area contributed by atoms with Crippen LogP contribution in [-0.2, 0) is 13.7 Å². The van der Waals surface area contributed by atoms with Crippen molar-refractivity contribution in [3.05, 3.63) is 35.1 Å². The maximum Gasteiger partial charge on any atom is 0.199 e. The predicted molar refractivity (Wildman–Crippen MR) is 84.3 cm³/mol. The fourth-order valence-corrected chi connectivity index (χ4v) is 2.85. The van der Waals surface area contributed by atoms with Crippen LogP contribution in [0, 0.1) is 4.77 Å². The smallest absolute Gasteiger partial charge is 0.199 e. The highest BCUT2D eigenvalue weighted by Gasteiger charge is 2.18. The summed E-state index contributed by atoms with van der Waals surface area (Å²) < 4.78 is 4.54. The zero-order valence-corrected chi connectivity index (χ0v) is 13.0. The van der Waals surface area contributed by atoms with E-state index in [0.717, 1.165) is 42.1 Å². The summed E-state index contributed by atoms with van der Waals surface area (Å²) in [5.41, 5.74) is 1.07. The van der Waals surface area contributed by atoms with Gasteiger partial charge < -0.3 is 9.67 Å². The Balaban J connectivity index is 1.83. The van der Waals surface area contributed by atoms with Crippen molar-refractivity contribution in [2.24, 2.45) is 7.05 Å². The van der Waals surface area contributed by atoms with Gasteiger partial charge in [0.2, 0.25) is 0 Å². The number of piperidine rings is 1. The van der Waals surface area contributed by atoms with E-state index >= 15 is 0 Å². The molecule has 0 radical (unpaired) electrons. The molecule has 0 spiro atoms. The Morgan fingerprint density at radius 1 is 1.24 bits per heavy atom. The summed E-state index contributed by atoms with van der Waals surface area (Å²) in [6.07, 6.45) is 1.50. The molecule has 0 amide bonds. The first kappa shape index (κ1) is 14.4. The highest BCUT2D eigenvalue weighted by Crippen LogP contribution is 2.17. The molecule has 0 bridgehead atoms. The number of aliphatic hydroxyl groups excluding tert-OH is 1. The normalized spacial score (nSPS) is 17.2. The van der Waals surface area contributed by atoms with Crippen molar-refractivity contribution in [1.29, 1.82) is 0 Å². The Morgan fingerprint density at radius 2 is 1.90 bits per heavy atom. The van der Waals surface area contributed by atoms with Gasteiger partial charge in [-0.3, -0.25) is 4.90 Å². The number of hydrogen-bond acceptors (Lipinski definition) is 4. The van der Waals surface area contributed by atoms with Crippen molar-refractivity contribution < 1.29 is 5.11 Å². The molecule has 6 heteroatoms. The summed E-state index contributed by atoms with van der Waals surface area (Å²) in [5.74, 6) is 0.887. The third-order valence-electron chi connectivity index (χ3n) is 3.96. The second kappa shape index (κ2) is 6.09. The van der Waals surface area contributed by atoms with Crippen LogP contribution in [0.3, 0.4) is 0 Å². The Labute approximate surface area is 129 Å². The number of nitrogens with zero attached hydrogens (tertiary/aromatic N) is 4. The Kier molecular flexibility index (Phi) is 4.19. The van der Waals surface area contributed by atoms with Gasteiger partial charge in [0, 0.05) is 25.7 Å². The number of likely N-dealkylation sites (tertiary alicyclic amines) is 1. The first-order chi connectivity index (χ1) is 10.1. The van der Waals surface area contributed by atoms with Crippen molar-refractivity contribution in [1.82, 2.24) is 19.2 Å². The Morgan fingerprint density at radius 3 is 2.57 bits per heavy atom. The van der Waals surface area contributed by atoms with Gasteiger partial charge in [0.15, 0.2) is 10.6 Å². The van der Waals surface area contributed by atoms with E-state index < -0.39 is 0 Å². The molecule has 1 saturated heterocycles. The average molecular weight is 304 g/mol. The van der Waals surface area contributed by atoms with Crippen LogP contribution in [-0.4, -0.2) is 43.5 Å². The van der Waals surface area contributed by atoms with Crippen LogP contribution < -0.4 is 0 Å². The van der Waals surface area contributed by atoms with Crippen molar-refractivity contribution in [3.63, 3.8) is 0 Å². The Hall–Kier alpha value is -1.50. The van der Waals surface area contributed by atoms with E-state index in [4.69, 9.17) is 12.2 Å². The number of benzene rings is 1. The molecular formula is C15H20N4OS. The van der Waals surface area contributed by atoms with Gasteiger partial charge in [-0.2, -0.15) is 5.10 Å². The number of aliphatic hydroxyl groups is 1. The summed E-state index contributed by atoms with van der Waals surface area (Å²) in [6, 6.07) is 10.1. The van der Waals surface area contributed by atoms with E-state index in [9.17, 15) is 5.11 Å². The summed E-state index contributed by atoms with van der Waals surface area (Å²) in [5, 5.41) is 14.2. The van der Waals surface area contributed by atoms with Crippen LogP contribution in [0.15, 0.2) is 30.3 Å². The van der Waals surface area contributed by atoms with Crippen molar-refractivity contribution >= 4 is 12.2 Å². The quantitative estimate of drug-likeness (QED) is 0.882. The highest BCUT2D eigenvalue weighted by molar-refractivity contribution is 7.71. The predicted octanol–water partition coefficient (Wildman–Crippen LogP) is 2.03. The number of aromatic nitrogens is 3. The summed E-state index contributed by atoms with van der Waals surface area (Å²) >= 11 is 5.49. The van der Waals surface area contributed by atoms with Gasteiger partial charge in [-0.15, -0.1) is 0 Å². The van der Waals surface area contributed by atoms with Crippen molar-refractivity contribution in [2.75, 3.05) is 13.1 Å². The molecule has 0 saturated carbocycles. The van der Waals surface area contributed by atoms with E-state index in [1.54, 1.807) is 0 Å². The molecular weight excluding hydrogens is 284 g/mol. The van der Waals surface area contributed by atoms with Gasteiger partial charge in [0.05, 0.1) is 12.8 Å². The lowest BCUT2D eigenvalue weighted by molar-refractivity contribution is 0.0650. The lowest BCUT2D eigenvalue weighted by atomic mass is 10.1. The van der Waals surface area contributed by atoms with E-state index in [0.29, 0.717) is 6.67 Å². The zero-order chi connectivity index (χ0) is 14.8. The largest absolute Gasteiger partial charge is 0.393 e. The molecule has 21 heavy (non-hydrogen) atoms.